The molecule has 2 N–H and O–H groups in total. The highest BCUT2D eigenvalue weighted by atomic mass is 19.3. The molecule has 2 aromatic carbocycles. The molecule has 0 aliphatic carbocycles. The summed E-state index contributed by atoms with van der Waals surface area (Å²) in [6.07, 6.45) is -0.0481. The van der Waals surface area contributed by atoms with Crippen LogP contribution < -0.4 is 15.4 Å². The molecule has 0 aliphatic rings. The molecule has 0 heterocycles. The smallest absolute Gasteiger partial charge is 0.408 e. The molecule has 2 amide bonds. The molecule has 29 heavy (non-hydrogen) atoms. The van der Waals surface area contributed by atoms with Gasteiger partial charge in [0.2, 0.25) is 5.91 Å². The molecule has 2 atom stereocenters. The quantitative estimate of drug-likeness (QED) is 0.640. The van der Waals surface area contributed by atoms with Crippen molar-refractivity contribution < 1.29 is 27.8 Å². The van der Waals surface area contributed by atoms with Crippen molar-refractivity contribution in [3.63, 3.8) is 0 Å². The summed E-state index contributed by atoms with van der Waals surface area (Å²) in [7, 11) is 0. The van der Waals surface area contributed by atoms with Crippen LogP contribution in [0.15, 0.2) is 54.6 Å². The molecule has 0 fully saturated rings. The number of ether oxygens (including phenoxy) is 2. The van der Waals surface area contributed by atoms with Gasteiger partial charge in [0.15, 0.2) is 0 Å². The van der Waals surface area contributed by atoms with E-state index in [1.807, 2.05) is 44.2 Å². The molecule has 0 spiro atoms. The van der Waals surface area contributed by atoms with Gasteiger partial charge >= 0.3 is 12.7 Å². The van der Waals surface area contributed by atoms with E-state index in [0.717, 1.165) is 5.56 Å². The zero-order valence-electron chi connectivity index (χ0n) is 16.2. The molecule has 156 valence electrons. The number of carbonyl (C=O) groups excluding carboxylic acids is 2. The van der Waals surface area contributed by atoms with E-state index in [0.29, 0.717) is 12.1 Å². The molecule has 0 aliphatic heterocycles. The topological polar surface area (TPSA) is 76.7 Å². The zero-order valence-corrected chi connectivity index (χ0v) is 16.2. The molecule has 0 bridgehead atoms. The van der Waals surface area contributed by atoms with Gasteiger partial charge in [-0.3, -0.25) is 4.79 Å². The van der Waals surface area contributed by atoms with E-state index in [4.69, 9.17) is 4.74 Å². The molecule has 0 saturated carbocycles. The molecule has 0 radical (unpaired) electrons. The monoisotopic (exact) mass is 406 g/mol. The van der Waals surface area contributed by atoms with Crippen molar-refractivity contribution in [2.24, 2.45) is 5.92 Å². The predicted octanol–water partition coefficient (Wildman–Crippen LogP) is 4.57. The fraction of sp³-hybridized carbons (Fsp3) is 0.333. The number of alkyl carbamates (subject to hydrolysis) is 1. The third-order valence-corrected chi connectivity index (χ3v) is 4.33. The van der Waals surface area contributed by atoms with Gasteiger partial charge in [-0.25, -0.2) is 4.79 Å². The molecule has 2 aromatic rings. The fourth-order valence-corrected chi connectivity index (χ4v) is 2.53. The highest BCUT2D eigenvalue weighted by molar-refractivity contribution is 5.96. The van der Waals surface area contributed by atoms with Crippen LogP contribution in [0.25, 0.3) is 0 Å². The van der Waals surface area contributed by atoms with Gasteiger partial charge in [0.1, 0.15) is 18.4 Å². The minimum atomic E-state index is -2.92. The van der Waals surface area contributed by atoms with Gasteiger partial charge in [-0.05, 0) is 35.7 Å². The van der Waals surface area contributed by atoms with Gasteiger partial charge in [-0.1, -0.05) is 50.6 Å². The summed E-state index contributed by atoms with van der Waals surface area (Å²) in [5, 5.41) is 5.26. The summed E-state index contributed by atoms with van der Waals surface area (Å²) in [4.78, 5) is 24.8. The van der Waals surface area contributed by atoms with Crippen LogP contribution in [0.4, 0.5) is 19.3 Å². The first kappa shape index (κ1) is 22.1. The van der Waals surface area contributed by atoms with Crippen LogP contribution in [-0.2, 0) is 16.1 Å². The van der Waals surface area contributed by atoms with Crippen molar-refractivity contribution >= 4 is 17.7 Å². The maximum absolute atomic E-state index is 12.7. The number of rotatable bonds is 9. The van der Waals surface area contributed by atoms with Gasteiger partial charge in [0, 0.05) is 5.69 Å². The summed E-state index contributed by atoms with van der Waals surface area (Å²) in [5.74, 6) is -0.599. The second-order valence-electron chi connectivity index (χ2n) is 6.46. The van der Waals surface area contributed by atoms with E-state index in [2.05, 4.69) is 15.4 Å². The summed E-state index contributed by atoms with van der Waals surface area (Å²) in [6, 6.07) is 13.9. The van der Waals surface area contributed by atoms with Gasteiger partial charge in [0.05, 0.1) is 0 Å². The van der Waals surface area contributed by atoms with Gasteiger partial charge in [-0.2, -0.15) is 8.78 Å². The molecule has 6 nitrogen and oxygen atoms in total. The van der Waals surface area contributed by atoms with Crippen molar-refractivity contribution in [3.8, 4) is 5.75 Å². The number of benzene rings is 2. The number of carbonyl (C=O) groups is 2. The first-order valence-corrected chi connectivity index (χ1v) is 9.22. The standard InChI is InChI=1S/C21H24F2N2O4/c1-3-14(2)18(25-21(27)28-13-15-7-5-4-6-8-15)19(26)24-16-9-11-17(12-10-16)29-20(22)23/h4-12,14,18,20H,3,13H2,1-2H3,(H,24,26)(H,25,27)/t14-,18+/m1/s1. The van der Waals surface area contributed by atoms with Gasteiger partial charge in [-0.15, -0.1) is 0 Å². The Kier molecular flexibility index (Phi) is 8.39. The summed E-state index contributed by atoms with van der Waals surface area (Å²) < 4.78 is 33.9. The minimum absolute atomic E-state index is 0.0147. The lowest BCUT2D eigenvalue weighted by Crippen LogP contribution is -2.47. The second kappa shape index (κ2) is 11.0. The van der Waals surface area contributed by atoms with Crippen LogP contribution >= 0.6 is 0 Å². The largest absolute Gasteiger partial charge is 0.445 e. The first-order chi connectivity index (χ1) is 13.9. The van der Waals surface area contributed by atoms with Crippen molar-refractivity contribution in [2.75, 3.05) is 5.32 Å². The number of hydrogen-bond acceptors (Lipinski definition) is 4. The van der Waals surface area contributed by atoms with E-state index in [9.17, 15) is 18.4 Å². The Morgan fingerprint density at radius 2 is 1.69 bits per heavy atom. The van der Waals surface area contributed by atoms with Crippen LogP contribution in [0.5, 0.6) is 5.75 Å². The van der Waals surface area contributed by atoms with E-state index in [1.165, 1.54) is 24.3 Å². The van der Waals surface area contributed by atoms with Crippen LogP contribution in [0.2, 0.25) is 0 Å². The van der Waals surface area contributed by atoms with Crippen molar-refractivity contribution in [2.45, 2.75) is 39.5 Å². The third-order valence-electron chi connectivity index (χ3n) is 4.33. The summed E-state index contributed by atoms with van der Waals surface area (Å²) in [5.41, 5.74) is 1.22. The minimum Gasteiger partial charge on any atom is -0.445 e. The van der Waals surface area contributed by atoms with E-state index in [1.54, 1.807) is 0 Å². The van der Waals surface area contributed by atoms with Crippen LogP contribution in [-0.4, -0.2) is 24.7 Å². The van der Waals surface area contributed by atoms with Crippen LogP contribution in [0.1, 0.15) is 25.8 Å². The van der Waals surface area contributed by atoms with Gasteiger partial charge < -0.3 is 20.1 Å². The lowest BCUT2D eigenvalue weighted by Gasteiger charge is -2.23. The normalized spacial score (nSPS) is 12.7. The maximum Gasteiger partial charge on any atom is 0.408 e. The van der Waals surface area contributed by atoms with Crippen molar-refractivity contribution in [1.82, 2.24) is 5.32 Å². The molecule has 0 aromatic heterocycles. The first-order valence-electron chi connectivity index (χ1n) is 9.22. The zero-order chi connectivity index (χ0) is 21.2. The molecule has 8 heteroatoms. The van der Waals surface area contributed by atoms with Crippen molar-refractivity contribution in [1.29, 1.82) is 0 Å². The SMILES string of the molecule is CC[C@@H](C)[C@H](NC(=O)OCc1ccccc1)C(=O)Nc1ccc(OC(F)F)cc1. The highest BCUT2D eigenvalue weighted by Gasteiger charge is 2.26. The Balaban J connectivity index is 1.95. The molecule has 0 unspecified atom stereocenters. The average Bonchev–Trinajstić information content (AvgIpc) is 2.71. The van der Waals surface area contributed by atoms with E-state index >= 15 is 0 Å². The molecular weight excluding hydrogens is 382 g/mol. The Labute approximate surface area is 168 Å². The molecule has 0 saturated heterocycles. The Morgan fingerprint density at radius 3 is 2.28 bits per heavy atom. The summed E-state index contributed by atoms with van der Waals surface area (Å²) >= 11 is 0. The number of nitrogens with one attached hydrogen (secondary N) is 2. The van der Waals surface area contributed by atoms with Crippen LogP contribution in [0.3, 0.4) is 0 Å². The lowest BCUT2D eigenvalue weighted by atomic mass is 9.98. The number of hydrogen-bond donors (Lipinski definition) is 2. The van der Waals surface area contributed by atoms with Gasteiger partial charge in [0.25, 0.3) is 0 Å². The third kappa shape index (κ3) is 7.40. The second-order valence-corrected chi connectivity index (χ2v) is 6.46. The number of alkyl halides is 2. The number of anilines is 1. The fourth-order valence-electron chi connectivity index (χ4n) is 2.53. The Morgan fingerprint density at radius 1 is 1.03 bits per heavy atom. The average molecular weight is 406 g/mol. The van der Waals surface area contributed by atoms with Crippen molar-refractivity contribution in [3.05, 3.63) is 60.2 Å². The highest BCUT2D eigenvalue weighted by Crippen LogP contribution is 2.19. The predicted molar refractivity (Wildman–Crippen MR) is 105 cm³/mol. The van der Waals surface area contributed by atoms with Crippen LogP contribution in [0, 0.1) is 5.92 Å². The molecular formula is C21H24F2N2O4. The number of halogens is 2. The van der Waals surface area contributed by atoms with E-state index in [-0.39, 0.29) is 18.3 Å². The molecule has 2 rings (SSSR count). The van der Waals surface area contributed by atoms with E-state index < -0.39 is 24.7 Å². The maximum atomic E-state index is 12.7. The summed E-state index contributed by atoms with van der Waals surface area (Å²) in [6.45, 7) is 0.906. The Bertz CT molecular complexity index is 785. The number of amides is 2. The lowest BCUT2D eigenvalue weighted by molar-refractivity contribution is -0.119. The Hall–Kier alpha value is -3.16.